The topological polar surface area (TPSA) is 63.4 Å². The van der Waals surface area contributed by atoms with Crippen molar-refractivity contribution in [1.82, 2.24) is 4.90 Å². The van der Waals surface area contributed by atoms with Crippen molar-refractivity contribution in [2.75, 3.05) is 13.1 Å². The summed E-state index contributed by atoms with van der Waals surface area (Å²) in [5.74, 6) is -0.111. The molecule has 26 heavy (non-hydrogen) atoms. The molecule has 0 aromatic heterocycles. The van der Waals surface area contributed by atoms with Gasteiger partial charge in [-0.25, -0.2) is 0 Å². The van der Waals surface area contributed by atoms with E-state index < -0.39 is 5.41 Å². The second-order valence-corrected chi connectivity index (χ2v) is 7.12. The van der Waals surface area contributed by atoms with Crippen LogP contribution < -0.4 is 5.73 Å². The Morgan fingerprint density at radius 1 is 1.00 bits per heavy atom. The summed E-state index contributed by atoms with van der Waals surface area (Å²) in [4.78, 5) is 26.1. The van der Waals surface area contributed by atoms with E-state index >= 15 is 0 Å². The number of nitrogens with two attached hydrogens (primary N) is 1. The van der Waals surface area contributed by atoms with Gasteiger partial charge in [0.05, 0.1) is 5.41 Å². The van der Waals surface area contributed by atoms with Crippen molar-refractivity contribution in [3.8, 4) is 11.1 Å². The van der Waals surface area contributed by atoms with Crippen molar-refractivity contribution >= 4 is 11.8 Å². The van der Waals surface area contributed by atoms with Crippen LogP contribution in [-0.4, -0.2) is 29.8 Å². The Morgan fingerprint density at radius 3 is 2.27 bits per heavy atom. The predicted octanol–water partition coefficient (Wildman–Crippen LogP) is 3.40. The molecule has 1 aliphatic rings. The summed E-state index contributed by atoms with van der Waals surface area (Å²) in [6, 6.07) is 18.5. The molecule has 1 saturated heterocycles. The number of piperidine rings is 1. The Hall–Kier alpha value is -2.62. The average molecular weight is 350 g/mol. The molecule has 4 heteroatoms. The first-order chi connectivity index (χ1) is 12.5. The maximum absolute atomic E-state index is 12.3. The Labute approximate surface area is 155 Å². The molecular formula is C22H26N2O2. The molecule has 0 bridgehead atoms. The van der Waals surface area contributed by atoms with Crippen molar-refractivity contribution in [1.29, 1.82) is 0 Å². The summed E-state index contributed by atoms with van der Waals surface area (Å²) in [6.45, 7) is 3.08. The van der Waals surface area contributed by atoms with Crippen molar-refractivity contribution in [2.45, 2.75) is 32.6 Å². The van der Waals surface area contributed by atoms with Crippen LogP contribution in [0.2, 0.25) is 0 Å². The molecule has 1 aliphatic heterocycles. The van der Waals surface area contributed by atoms with E-state index in [0.717, 1.165) is 16.7 Å². The second-order valence-electron chi connectivity index (χ2n) is 7.12. The average Bonchev–Trinajstić information content (AvgIpc) is 2.68. The zero-order chi connectivity index (χ0) is 18.6. The molecular weight excluding hydrogens is 324 g/mol. The van der Waals surface area contributed by atoms with Gasteiger partial charge in [-0.05, 0) is 36.0 Å². The fraction of sp³-hybridized carbons (Fsp3) is 0.364. The highest BCUT2D eigenvalue weighted by molar-refractivity contribution is 5.82. The van der Waals surface area contributed by atoms with E-state index in [0.29, 0.717) is 38.8 Å². The third-order valence-electron chi connectivity index (χ3n) is 5.48. The van der Waals surface area contributed by atoms with Gasteiger partial charge in [-0.3, -0.25) is 9.59 Å². The van der Waals surface area contributed by atoms with E-state index in [-0.39, 0.29) is 11.8 Å². The first-order valence-corrected chi connectivity index (χ1v) is 9.26. The van der Waals surface area contributed by atoms with Crippen molar-refractivity contribution in [3.05, 3.63) is 60.2 Å². The van der Waals surface area contributed by atoms with E-state index in [1.165, 1.54) is 0 Å². The lowest BCUT2D eigenvalue weighted by Gasteiger charge is -2.40. The number of amides is 2. The maximum atomic E-state index is 12.3. The second kappa shape index (κ2) is 7.73. The summed E-state index contributed by atoms with van der Waals surface area (Å²) in [7, 11) is 0. The Morgan fingerprint density at radius 2 is 1.65 bits per heavy atom. The van der Waals surface area contributed by atoms with Crippen LogP contribution in [0.25, 0.3) is 11.1 Å². The highest BCUT2D eigenvalue weighted by Gasteiger charge is 2.40. The number of carbonyl (C=O) groups excluding carboxylic acids is 2. The van der Waals surface area contributed by atoms with E-state index in [2.05, 4.69) is 30.3 Å². The number of nitrogens with zero attached hydrogens (tertiary/aromatic N) is 1. The lowest BCUT2D eigenvalue weighted by atomic mass is 9.73. The van der Waals surface area contributed by atoms with Crippen LogP contribution in [0.15, 0.2) is 54.6 Å². The smallest absolute Gasteiger partial charge is 0.224 e. The largest absolute Gasteiger partial charge is 0.369 e. The third-order valence-corrected chi connectivity index (χ3v) is 5.48. The quantitative estimate of drug-likeness (QED) is 0.898. The van der Waals surface area contributed by atoms with Crippen molar-refractivity contribution in [3.63, 3.8) is 0 Å². The van der Waals surface area contributed by atoms with Crippen LogP contribution in [0.4, 0.5) is 0 Å². The first-order valence-electron chi connectivity index (χ1n) is 9.26. The molecule has 0 spiro atoms. The molecule has 3 rings (SSSR count). The van der Waals surface area contributed by atoms with E-state index in [1.54, 1.807) is 0 Å². The normalized spacial score (nSPS) is 16.3. The van der Waals surface area contributed by atoms with Crippen molar-refractivity contribution in [2.24, 2.45) is 11.1 Å². The number of hydrogen-bond acceptors (Lipinski definition) is 2. The van der Waals surface area contributed by atoms with Gasteiger partial charge in [0.25, 0.3) is 0 Å². The fourth-order valence-electron chi connectivity index (χ4n) is 3.80. The molecule has 0 atom stereocenters. The van der Waals surface area contributed by atoms with Gasteiger partial charge in [0.15, 0.2) is 0 Å². The van der Waals surface area contributed by atoms with Gasteiger partial charge in [0, 0.05) is 19.5 Å². The van der Waals surface area contributed by atoms with Gasteiger partial charge in [-0.2, -0.15) is 0 Å². The van der Waals surface area contributed by atoms with Gasteiger partial charge < -0.3 is 10.6 Å². The lowest BCUT2D eigenvalue weighted by molar-refractivity contribution is -0.138. The number of hydrogen-bond donors (Lipinski definition) is 1. The third kappa shape index (κ3) is 3.79. The Bertz CT molecular complexity index is 778. The summed E-state index contributed by atoms with van der Waals surface area (Å²) < 4.78 is 0. The molecule has 2 amide bonds. The standard InChI is InChI=1S/C22H26N2O2/c1-2-20(25)24-13-11-22(12-14-24,21(23)26)16-17-7-6-10-19(15-17)18-8-4-3-5-9-18/h3-10,15H,2,11-14,16H2,1H3,(H2,23,26). The molecule has 2 aromatic rings. The van der Waals surface area contributed by atoms with Gasteiger partial charge in [0.2, 0.25) is 11.8 Å². The fourth-order valence-corrected chi connectivity index (χ4v) is 3.80. The molecule has 1 heterocycles. The minimum atomic E-state index is -0.570. The molecule has 4 nitrogen and oxygen atoms in total. The highest BCUT2D eigenvalue weighted by Crippen LogP contribution is 2.36. The van der Waals surface area contributed by atoms with Gasteiger partial charge in [-0.15, -0.1) is 0 Å². The van der Waals surface area contributed by atoms with E-state index in [1.807, 2.05) is 36.1 Å². The summed E-state index contributed by atoms with van der Waals surface area (Å²) in [5.41, 5.74) is 8.65. The molecule has 2 N–H and O–H groups in total. The molecule has 1 fully saturated rings. The lowest BCUT2D eigenvalue weighted by Crippen LogP contribution is -2.49. The highest BCUT2D eigenvalue weighted by atomic mass is 16.2. The predicted molar refractivity (Wildman–Crippen MR) is 103 cm³/mol. The van der Waals surface area contributed by atoms with E-state index in [4.69, 9.17) is 5.73 Å². The molecule has 0 radical (unpaired) electrons. The first kappa shape index (κ1) is 18.2. The van der Waals surface area contributed by atoms with Crippen LogP contribution in [0.1, 0.15) is 31.7 Å². The van der Waals surface area contributed by atoms with Gasteiger partial charge in [-0.1, -0.05) is 61.5 Å². The van der Waals surface area contributed by atoms with Crippen LogP contribution in [0.3, 0.4) is 0 Å². The molecule has 0 unspecified atom stereocenters. The number of carbonyl (C=O) groups is 2. The SMILES string of the molecule is CCC(=O)N1CCC(Cc2cccc(-c3ccccc3)c2)(C(N)=O)CC1. The number of rotatable bonds is 5. The van der Waals surface area contributed by atoms with E-state index in [9.17, 15) is 9.59 Å². The summed E-state index contributed by atoms with van der Waals surface area (Å²) >= 11 is 0. The van der Waals surface area contributed by atoms with Gasteiger partial charge in [0.1, 0.15) is 0 Å². The Kier molecular flexibility index (Phi) is 5.40. The van der Waals surface area contributed by atoms with Gasteiger partial charge >= 0.3 is 0 Å². The van der Waals surface area contributed by atoms with Crippen LogP contribution >= 0.6 is 0 Å². The molecule has 136 valence electrons. The van der Waals surface area contributed by atoms with Crippen LogP contribution in [-0.2, 0) is 16.0 Å². The number of likely N-dealkylation sites (tertiary alicyclic amines) is 1. The Balaban J connectivity index is 1.80. The monoisotopic (exact) mass is 350 g/mol. The number of benzene rings is 2. The molecule has 0 aliphatic carbocycles. The zero-order valence-electron chi connectivity index (χ0n) is 15.3. The van der Waals surface area contributed by atoms with Crippen molar-refractivity contribution < 1.29 is 9.59 Å². The molecule has 0 saturated carbocycles. The molecule has 2 aromatic carbocycles. The minimum absolute atomic E-state index is 0.147. The van der Waals surface area contributed by atoms with Crippen LogP contribution in [0.5, 0.6) is 0 Å². The maximum Gasteiger partial charge on any atom is 0.224 e. The summed E-state index contributed by atoms with van der Waals surface area (Å²) in [5, 5.41) is 0. The number of primary amides is 1. The summed E-state index contributed by atoms with van der Waals surface area (Å²) in [6.07, 6.45) is 2.38. The minimum Gasteiger partial charge on any atom is -0.369 e. The van der Waals surface area contributed by atoms with Crippen LogP contribution in [0, 0.1) is 5.41 Å². The zero-order valence-corrected chi connectivity index (χ0v) is 15.3.